The minimum absolute atomic E-state index is 0.289. The van der Waals surface area contributed by atoms with E-state index < -0.39 is 0 Å². The molecular weight excluding hydrogens is 312 g/mol. The van der Waals surface area contributed by atoms with Crippen molar-refractivity contribution < 1.29 is 14.0 Å². The zero-order chi connectivity index (χ0) is 13.8. The summed E-state index contributed by atoms with van der Waals surface area (Å²) < 4.78 is 16.9. The van der Waals surface area contributed by atoms with Crippen molar-refractivity contribution in [2.45, 2.75) is 20.1 Å². The van der Waals surface area contributed by atoms with Crippen molar-refractivity contribution in [3.8, 4) is 11.5 Å². The van der Waals surface area contributed by atoms with Crippen molar-refractivity contribution in [1.29, 1.82) is 0 Å². The molecule has 0 fully saturated rings. The van der Waals surface area contributed by atoms with Crippen LogP contribution in [-0.2, 0) is 13.2 Å². The first kappa shape index (κ1) is 13.9. The van der Waals surface area contributed by atoms with Crippen molar-refractivity contribution in [3.05, 3.63) is 39.7 Å². The molecule has 0 atom stereocenters. The average Bonchev–Trinajstić information content (AvgIpc) is 2.82. The summed E-state index contributed by atoms with van der Waals surface area (Å²) in [5.41, 5.74) is 7.41. The van der Waals surface area contributed by atoms with E-state index in [1.165, 1.54) is 0 Å². The number of nitrogens with zero attached hydrogens (tertiary/aromatic N) is 1. The van der Waals surface area contributed by atoms with E-state index in [2.05, 4.69) is 21.1 Å². The minimum Gasteiger partial charge on any atom is -0.493 e. The highest BCUT2D eigenvalue weighted by Gasteiger charge is 2.12. The molecule has 1 aromatic carbocycles. The normalized spacial score (nSPS) is 10.5. The van der Waals surface area contributed by atoms with Gasteiger partial charge in [-0.15, -0.1) is 0 Å². The fraction of sp³-hybridized carbons (Fsp3) is 0.308. The third-order valence-corrected chi connectivity index (χ3v) is 3.15. The highest BCUT2D eigenvalue weighted by molar-refractivity contribution is 9.10. The van der Waals surface area contributed by atoms with Gasteiger partial charge in [0.25, 0.3) is 0 Å². The van der Waals surface area contributed by atoms with Crippen LogP contribution in [0.4, 0.5) is 0 Å². The van der Waals surface area contributed by atoms with Gasteiger partial charge < -0.3 is 19.7 Å². The first-order valence-electron chi connectivity index (χ1n) is 5.75. The molecule has 0 radical (unpaired) electrons. The molecule has 0 aliphatic carbocycles. The van der Waals surface area contributed by atoms with E-state index in [0.29, 0.717) is 23.8 Å². The van der Waals surface area contributed by atoms with Gasteiger partial charge >= 0.3 is 0 Å². The van der Waals surface area contributed by atoms with Gasteiger partial charge in [0.1, 0.15) is 6.61 Å². The summed E-state index contributed by atoms with van der Waals surface area (Å²) in [6.07, 6.45) is 0. The summed E-state index contributed by atoms with van der Waals surface area (Å²) in [6, 6.07) is 5.59. The van der Waals surface area contributed by atoms with Gasteiger partial charge in [0.15, 0.2) is 17.3 Å². The first-order chi connectivity index (χ1) is 9.13. The predicted molar refractivity (Wildman–Crippen MR) is 74.2 cm³/mol. The molecule has 1 heterocycles. The number of nitrogens with two attached hydrogens (primary N) is 1. The summed E-state index contributed by atoms with van der Waals surface area (Å²) in [7, 11) is 1.59. The van der Waals surface area contributed by atoms with E-state index in [1.54, 1.807) is 7.11 Å². The fourth-order valence-electron chi connectivity index (χ4n) is 1.66. The lowest BCUT2D eigenvalue weighted by atomic mass is 10.2. The van der Waals surface area contributed by atoms with Crippen LogP contribution in [0.1, 0.15) is 17.0 Å². The van der Waals surface area contributed by atoms with E-state index in [1.807, 2.05) is 25.1 Å². The quantitative estimate of drug-likeness (QED) is 0.914. The predicted octanol–water partition coefficient (Wildman–Crippen LogP) is 2.79. The van der Waals surface area contributed by atoms with Crippen LogP contribution in [0.25, 0.3) is 0 Å². The lowest BCUT2D eigenvalue weighted by molar-refractivity contribution is 0.237. The smallest absolute Gasteiger partial charge is 0.176 e. The monoisotopic (exact) mass is 326 g/mol. The van der Waals surface area contributed by atoms with Crippen LogP contribution >= 0.6 is 15.9 Å². The van der Waals surface area contributed by atoms with Gasteiger partial charge in [0.05, 0.1) is 17.3 Å². The van der Waals surface area contributed by atoms with Crippen LogP contribution in [0.3, 0.4) is 0 Å². The third kappa shape index (κ3) is 3.27. The van der Waals surface area contributed by atoms with Crippen LogP contribution in [0.2, 0.25) is 0 Å². The van der Waals surface area contributed by atoms with Gasteiger partial charge in [-0.1, -0.05) is 5.16 Å². The Labute approximate surface area is 119 Å². The van der Waals surface area contributed by atoms with Crippen molar-refractivity contribution >= 4 is 15.9 Å². The molecule has 0 amide bonds. The van der Waals surface area contributed by atoms with Gasteiger partial charge in [-0.05, 0) is 40.5 Å². The Morgan fingerprint density at radius 3 is 2.74 bits per heavy atom. The third-order valence-electron chi connectivity index (χ3n) is 2.56. The summed E-state index contributed by atoms with van der Waals surface area (Å²) in [5.74, 6) is 1.91. The van der Waals surface area contributed by atoms with Crippen LogP contribution < -0.4 is 15.2 Å². The first-order valence-corrected chi connectivity index (χ1v) is 6.54. The number of aromatic nitrogens is 1. The number of hydrogen-bond acceptors (Lipinski definition) is 5. The Morgan fingerprint density at radius 2 is 2.16 bits per heavy atom. The van der Waals surface area contributed by atoms with E-state index in [-0.39, 0.29) is 6.61 Å². The molecule has 0 aliphatic rings. The number of benzene rings is 1. The average molecular weight is 327 g/mol. The Bertz CT molecular complexity index is 569. The summed E-state index contributed by atoms with van der Waals surface area (Å²) in [6.45, 7) is 2.59. The summed E-state index contributed by atoms with van der Waals surface area (Å²) >= 11 is 3.45. The molecule has 2 rings (SSSR count). The molecular formula is C13H15BrN2O3. The Hall–Kier alpha value is -1.53. The lowest BCUT2D eigenvalue weighted by Gasteiger charge is -2.13. The van der Waals surface area contributed by atoms with Gasteiger partial charge in [-0.2, -0.15) is 0 Å². The van der Waals surface area contributed by atoms with Crippen LogP contribution in [-0.4, -0.2) is 12.3 Å². The van der Waals surface area contributed by atoms with Crippen molar-refractivity contribution in [2.24, 2.45) is 5.73 Å². The van der Waals surface area contributed by atoms with Gasteiger partial charge in [-0.25, -0.2) is 0 Å². The lowest BCUT2D eigenvalue weighted by Crippen LogP contribution is -2.01. The van der Waals surface area contributed by atoms with E-state index in [4.69, 9.17) is 19.7 Å². The van der Waals surface area contributed by atoms with Gasteiger partial charge in [0, 0.05) is 12.6 Å². The molecule has 0 unspecified atom stereocenters. The maximum Gasteiger partial charge on any atom is 0.176 e. The summed E-state index contributed by atoms with van der Waals surface area (Å²) in [4.78, 5) is 0. The molecule has 2 aromatic rings. The largest absolute Gasteiger partial charge is 0.493 e. The van der Waals surface area contributed by atoms with Crippen LogP contribution in [0, 0.1) is 6.92 Å². The maximum atomic E-state index is 5.71. The Kier molecular flexibility index (Phi) is 4.44. The number of hydrogen-bond donors (Lipinski definition) is 1. The SMILES string of the molecule is COc1cc(CN)cc(Br)c1OCc1cc(C)no1. The number of halogens is 1. The minimum atomic E-state index is 0.289. The van der Waals surface area contributed by atoms with E-state index >= 15 is 0 Å². The second-order valence-electron chi connectivity index (χ2n) is 4.04. The molecule has 5 nitrogen and oxygen atoms in total. The number of rotatable bonds is 5. The number of ether oxygens (including phenoxy) is 2. The molecule has 19 heavy (non-hydrogen) atoms. The van der Waals surface area contributed by atoms with Crippen molar-refractivity contribution in [2.75, 3.05) is 7.11 Å². The van der Waals surface area contributed by atoms with E-state index in [9.17, 15) is 0 Å². The molecule has 0 saturated heterocycles. The molecule has 102 valence electrons. The van der Waals surface area contributed by atoms with Crippen LogP contribution in [0.15, 0.2) is 27.2 Å². The number of aryl methyl sites for hydroxylation is 1. The molecule has 0 spiro atoms. The zero-order valence-electron chi connectivity index (χ0n) is 10.8. The van der Waals surface area contributed by atoms with Gasteiger partial charge in [-0.3, -0.25) is 0 Å². The Balaban J connectivity index is 2.19. The topological polar surface area (TPSA) is 70.5 Å². The highest BCUT2D eigenvalue weighted by Crippen LogP contribution is 2.37. The second-order valence-corrected chi connectivity index (χ2v) is 4.89. The standard InChI is InChI=1S/C13H15BrN2O3/c1-8-3-10(19-16-8)7-18-13-11(14)4-9(6-15)5-12(13)17-2/h3-5H,6-7,15H2,1-2H3. The van der Waals surface area contributed by atoms with Crippen molar-refractivity contribution in [1.82, 2.24) is 5.16 Å². The fourth-order valence-corrected chi connectivity index (χ4v) is 2.26. The molecule has 1 aromatic heterocycles. The van der Waals surface area contributed by atoms with Gasteiger partial charge in [0.2, 0.25) is 0 Å². The number of methoxy groups -OCH3 is 1. The molecule has 0 aliphatic heterocycles. The van der Waals surface area contributed by atoms with Crippen LogP contribution in [0.5, 0.6) is 11.5 Å². The highest BCUT2D eigenvalue weighted by atomic mass is 79.9. The molecule has 0 bridgehead atoms. The molecule has 2 N–H and O–H groups in total. The van der Waals surface area contributed by atoms with E-state index in [0.717, 1.165) is 15.7 Å². The molecule has 0 saturated carbocycles. The Morgan fingerprint density at radius 1 is 1.37 bits per heavy atom. The summed E-state index contributed by atoms with van der Waals surface area (Å²) in [5, 5.41) is 3.81. The second kappa shape index (κ2) is 6.08. The van der Waals surface area contributed by atoms with Crippen molar-refractivity contribution in [3.63, 3.8) is 0 Å². The zero-order valence-corrected chi connectivity index (χ0v) is 12.4. The molecule has 6 heteroatoms. The maximum absolute atomic E-state index is 5.71.